The van der Waals surface area contributed by atoms with Crippen molar-refractivity contribution < 1.29 is 13.2 Å². The quantitative estimate of drug-likeness (QED) is 0.516. The van der Waals surface area contributed by atoms with Gasteiger partial charge in [0.05, 0.1) is 17.6 Å². The van der Waals surface area contributed by atoms with E-state index < -0.39 is 9.84 Å². The standard InChI is InChI=1S/C10H19ClO3S/c11-6-2-1-3-8-15(12,13)9-10-5-4-7-14-10/h10H,1-9H2. The molecule has 0 aromatic rings. The summed E-state index contributed by atoms with van der Waals surface area (Å²) in [5.74, 6) is 1.10. The molecular weight excluding hydrogens is 236 g/mol. The molecule has 0 spiro atoms. The van der Waals surface area contributed by atoms with Gasteiger partial charge in [0.1, 0.15) is 0 Å². The maximum Gasteiger partial charge on any atom is 0.152 e. The molecule has 1 heterocycles. The SMILES string of the molecule is O=S(=O)(CCCCCCl)CC1CCCO1. The van der Waals surface area contributed by atoms with Gasteiger partial charge in [-0.05, 0) is 25.7 Å². The van der Waals surface area contributed by atoms with Crippen molar-refractivity contribution in [2.24, 2.45) is 0 Å². The second-order valence-corrected chi connectivity index (χ2v) is 6.61. The molecule has 1 aliphatic rings. The van der Waals surface area contributed by atoms with Gasteiger partial charge in [-0.3, -0.25) is 0 Å². The van der Waals surface area contributed by atoms with Crippen molar-refractivity contribution in [3.05, 3.63) is 0 Å². The van der Waals surface area contributed by atoms with Crippen LogP contribution in [-0.4, -0.2) is 38.5 Å². The predicted octanol–water partition coefficient (Wildman–Crippen LogP) is 1.99. The van der Waals surface area contributed by atoms with E-state index in [1.54, 1.807) is 0 Å². The van der Waals surface area contributed by atoms with Crippen LogP contribution in [0.1, 0.15) is 32.1 Å². The predicted molar refractivity (Wildman–Crippen MR) is 62.2 cm³/mol. The third-order valence-corrected chi connectivity index (χ3v) is 4.61. The summed E-state index contributed by atoms with van der Waals surface area (Å²) in [6, 6.07) is 0. The maximum atomic E-state index is 11.6. The molecule has 1 aliphatic heterocycles. The molecule has 0 saturated carbocycles. The van der Waals surface area contributed by atoms with E-state index in [9.17, 15) is 8.42 Å². The average Bonchev–Trinajstić information content (AvgIpc) is 2.64. The molecule has 0 aliphatic carbocycles. The van der Waals surface area contributed by atoms with E-state index in [-0.39, 0.29) is 17.6 Å². The van der Waals surface area contributed by atoms with Gasteiger partial charge in [0.25, 0.3) is 0 Å². The van der Waals surface area contributed by atoms with Crippen molar-refractivity contribution in [2.45, 2.75) is 38.2 Å². The fourth-order valence-corrected chi connectivity index (χ4v) is 3.56. The molecule has 15 heavy (non-hydrogen) atoms. The third kappa shape index (κ3) is 5.73. The van der Waals surface area contributed by atoms with Crippen molar-refractivity contribution >= 4 is 21.4 Å². The van der Waals surface area contributed by atoms with Crippen LogP contribution >= 0.6 is 11.6 Å². The lowest BCUT2D eigenvalue weighted by Crippen LogP contribution is -2.22. The average molecular weight is 255 g/mol. The van der Waals surface area contributed by atoms with Gasteiger partial charge in [0.2, 0.25) is 0 Å². The number of hydrogen-bond acceptors (Lipinski definition) is 3. The van der Waals surface area contributed by atoms with Gasteiger partial charge in [-0.2, -0.15) is 0 Å². The van der Waals surface area contributed by atoms with Gasteiger partial charge in [0.15, 0.2) is 9.84 Å². The highest BCUT2D eigenvalue weighted by Gasteiger charge is 2.22. The zero-order chi connectivity index (χ0) is 11.1. The van der Waals surface area contributed by atoms with Crippen LogP contribution in [0, 0.1) is 0 Å². The molecule has 1 unspecified atom stereocenters. The van der Waals surface area contributed by atoms with E-state index in [1.165, 1.54) is 0 Å². The molecule has 1 atom stereocenters. The van der Waals surface area contributed by atoms with E-state index in [4.69, 9.17) is 16.3 Å². The monoisotopic (exact) mass is 254 g/mol. The Morgan fingerprint density at radius 1 is 1.27 bits per heavy atom. The lowest BCUT2D eigenvalue weighted by molar-refractivity contribution is 0.127. The Morgan fingerprint density at radius 3 is 2.67 bits per heavy atom. The zero-order valence-electron chi connectivity index (χ0n) is 8.95. The first-order valence-electron chi connectivity index (χ1n) is 5.52. The Bertz CT molecular complexity index is 258. The van der Waals surface area contributed by atoms with Crippen LogP contribution < -0.4 is 0 Å². The molecule has 1 fully saturated rings. The Kier molecular flexibility index (Phi) is 5.94. The van der Waals surface area contributed by atoms with Gasteiger partial charge < -0.3 is 4.74 Å². The van der Waals surface area contributed by atoms with Gasteiger partial charge in [-0.15, -0.1) is 11.6 Å². The molecule has 1 saturated heterocycles. The van der Waals surface area contributed by atoms with Crippen molar-refractivity contribution in [1.29, 1.82) is 0 Å². The zero-order valence-corrected chi connectivity index (χ0v) is 10.5. The summed E-state index contributed by atoms with van der Waals surface area (Å²) in [6.45, 7) is 0.715. The van der Waals surface area contributed by atoms with Crippen LogP contribution in [0.5, 0.6) is 0 Å². The number of unbranched alkanes of at least 4 members (excludes halogenated alkanes) is 2. The molecule has 0 amide bonds. The summed E-state index contributed by atoms with van der Waals surface area (Å²) in [7, 11) is -2.91. The first-order valence-corrected chi connectivity index (χ1v) is 7.87. The molecule has 0 radical (unpaired) electrons. The van der Waals surface area contributed by atoms with Crippen LogP contribution in [0.25, 0.3) is 0 Å². The maximum absolute atomic E-state index is 11.6. The highest BCUT2D eigenvalue weighted by atomic mass is 35.5. The number of sulfone groups is 1. The van der Waals surface area contributed by atoms with Crippen LogP contribution in [0.3, 0.4) is 0 Å². The number of halogens is 1. The Hall–Kier alpha value is 0.200. The Morgan fingerprint density at radius 2 is 2.07 bits per heavy atom. The van der Waals surface area contributed by atoms with Crippen LogP contribution in [0.4, 0.5) is 0 Å². The molecule has 90 valence electrons. The van der Waals surface area contributed by atoms with Crippen molar-refractivity contribution in [3.63, 3.8) is 0 Å². The lowest BCUT2D eigenvalue weighted by Gasteiger charge is -2.09. The second-order valence-electron chi connectivity index (χ2n) is 4.00. The second kappa shape index (κ2) is 6.71. The van der Waals surface area contributed by atoms with Crippen molar-refractivity contribution in [2.75, 3.05) is 24.0 Å². The molecular formula is C10H19ClO3S. The number of alkyl halides is 1. The van der Waals surface area contributed by atoms with Crippen LogP contribution in [0.2, 0.25) is 0 Å². The van der Waals surface area contributed by atoms with Crippen molar-refractivity contribution in [3.8, 4) is 0 Å². The highest BCUT2D eigenvalue weighted by molar-refractivity contribution is 7.91. The molecule has 3 nitrogen and oxygen atoms in total. The summed E-state index contributed by atoms with van der Waals surface area (Å²) < 4.78 is 28.6. The Balaban J connectivity index is 2.19. The molecule has 0 N–H and O–H groups in total. The fourth-order valence-electron chi connectivity index (χ4n) is 1.74. The molecule has 0 aromatic carbocycles. The number of ether oxygens (including phenoxy) is 1. The summed E-state index contributed by atoms with van der Waals surface area (Å²) in [4.78, 5) is 0. The van der Waals surface area contributed by atoms with Gasteiger partial charge in [-0.25, -0.2) is 8.42 Å². The third-order valence-electron chi connectivity index (χ3n) is 2.55. The summed E-state index contributed by atoms with van der Waals surface area (Å²) >= 11 is 5.52. The minimum Gasteiger partial charge on any atom is -0.377 e. The largest absolute Gasteiger partial charge is 0.377 e. The highest BCUT2D eigenvalue weighted by Crippen LogP contribution is 2.15. The lowest BCUT2D eigenvalue weighted by atomic mass is 10.3. The molecule has 0 aromatic heterocycles. The number of rotatable bonds is 7. The first-order chi connectivity index (χ1) is 7.14. The van der Waals surface area contributed by atoms with Gasteiger partial charge in [0, 0.05) is 12.5 Å². The van der Waals surface area contributed by atoms with Gasteiger partial charge >= 0.3 is 0 Å². The summed E-state index contributed by atoms with van der Waals surface area (Å²) in [6.07, 6.45) is 4.35. The molecule has 5 heteroatoms. The fraction of sp³-hybridized carbons (Fsp3) is 1.00. The van der Waals surface area contributed by atoms with E-state index in [2.05, 4.69) is 0 Å². The van der Waals surface area contributed by atoms with Crippen molar-refractivity contribution in [1.82, 2.24) is 0 Å². The molecule has 1 rings (SSSR count). The van der Waals surface area contributed by atoms with E-state index in [0.717, 1.165) is 32.1 Å². The summed E-state index contributed by atoms with van der Waals surface area (Å²) in [5, 5.41) is 0. The molecule has 0 bridgehead atoms. The van der Waals surface area contributed by atoms with E-state index >= 15 is 0 Å². The van der Waals surface area contributed by atoms with Crippen LogP contribution in [-0.2, 0) is 14.6 Å². The minimum atomic E-state index is -2.91. The van der Waals surface area contributed by atoms with Crippen LogP contribution in [0.15, 0.2) is 0 Å². The first kappa shape index (κ1) is 13.3. The Labute approximate surface area is 97.1 Å². The van der Waals surface area contributed by atoms with E-state index in [0.29, 0.717) is 12.5 Å². The summed E-state index contributed by atoms with van der Waals surface area (Å²) in [5.41, 5.74) is 0. The smallest absolute Gasteiger partial charge is 0.152 e. The number of hydrogen-bond donors (Lipinski definition) is 0. The minimum absolute atomic E-state index is 0.0528. The van der Waals surface area contributed by atoms with Gasteiger partial charge in [-0.1, -0.05) is 6.42 Å². The normalized spacial score (nSPS) is 22.1. The van der Waals surface area contributed by atoms with E-state index in [1.807, 2.05) is 0 Å². The topological polar surface area (TPSA) is 43.4 Å².